The number of nitro groups is 1. The van der Waals surface area contributed by atoms with Gasteiger partial charge in [-0.05, 0) is 30.9 Å². The van der Waals surface area contributed by atoms with Crippen LogP contribution in [0.3, 0.4) is 0 Å². The topological polar surface area (TPSA) is 112 Å². The van der Waals surface area contributed by atoms with Crippen LogP contribution in [0.4, 0.5) is 5.82 Å². The van der Waals surface area contributed by atoms with Crippen molar-refractivity contribution in [2.45, 2.75) is 20.4 Å². The second-order valence-corrected chi connectivity index (χ2v) is 6.68. The van der Waals surface area contributed by atoms with E-state index in [9.17, 15) is 14.9 Å². The molecule has 1 heterocycles. The fraction of sp³-hybridized carbons (Fsp3) is 0.267. The number of nitrogens with zero attached hydrogens (tertiary/aromatic N) is 4. The fourth-order valence-corrected chi connectivity index (χ4v) is 2.91. The Labute approximate surface area is 169 Å². The minimum absolute atomic E-state index is 0.137. The fourth-order valence-electron chi connectivity index (χ4n) is 1.99. The molecule has 0 aliphatic heterocycles. The first-order valence-corrected chi connectivity index (χ1v) is 8.59. The number of hydrogen-bond donors (Lipinski definition) is 1. The Morgan fingerprint density at radius 1 is 1.33 bits per heavy atom. The van der Waals surface area contributed by atoms with Gasteiger partial charge in [-0.15, -0.1) is 0 Å². The van der Waals surface area contributed by atoms with Gasteiger partial charge in [-0.25, -0.2) is 5.43 Å². The number of ether oxygens (including phenoxy) is 1. The molecule has 0 saturated heterocycles. The number of halogens is 3. The minimum atomic E-state index is -0.581. The largest absolute Gasteiger partial charge is 0.481 e. The molecule has 2 rings (SSSR count). The van der Waals surface area contributed by atoms with E-state index in [1.54, 1.807) is 13.8 Å². The van der Waals surface area contributed by atoms with Crippen molar-refractivity contribution < 1.29 is 14.5 Å². The van der Waals surface area contributed by atoms with Gasteiger partial charge in [0.15, 0.2) is 12.4 Å². The molecule has 0 unspecified atom stereocenters. The van der Waals surface area contributed by atoms with Crippen LogP contribution in [0, 0.1) is 17.0 Å². The summed E-state index contributed by atoms with van der Waals surface area (Å²) in [5, 5.41) is 19.2. The lowest BCUT2D eigenvalue weighted by atomic mass is 10.3. The van der Waals surface area contributed by atoms with Crippen molar-refractivity contribution in [3.05, 3.63) is 49.1 Å². The van der Waals surface area contributed by atoms with Gasteiger partial charge in [0.05, 0.1) is 32.6 Å². The molecule has 1 amide bonds. The summed E-state index contributed by atoms with van der Waals surface area (Å²) in [5.41, 5.74) is 3.38. The number of hydrazone groups is 1. The Bertz CT molecular complexity index is 890. The highest BCUT2D eigenvalue weighted by molar-refractivity contribution is 6.40. The Kier molecular flexibility index (Phi) is 7.00. The Hall–Kier alpha value is -2.36. The van der Waals surface area contributed by atoms with E-state index < -0.39 is 10.8 Å². The molecule has 0 spiro atoms. The molecule has 0 saturated carbocycles. The molecule has 0 radical (unpaired) electrons. The number of hydrogen-bond acceptors (Lipinski definition) is 6. The van der Waals surface area contributed by atoms with Gasteiger partial charge in [0.1, 0.15) is 6.54 Å². The molecule has 0 atom stereocenters. The molecule has 0 bridgehead atoms. The number of nitrogens with one attached hydrogen (secondary N) is 1. The summed E-state index contributed by atoms with van der Waals surface area (Å²) in [6.45, 7) is 3.13. The van der Waals surface area contributed by atoms with Crippen LogP contribution >= 0.6 is 34.8 Å². The number of benzene rings is 1. The summed E-state index contributed by atoms with van der Waals surface area (Å²) >= 11 is 17.7. The predicted molar refractivity (Wildman–Crippen MR) is 102 cm³/mol. The number of aromatic nitrogens is 2. The molecule has 0 fully saturated rings. The second kappa shape index (κ2) is 9.03. The number of carbonyl (C=O) groups is 1. The number of carbonyl (C=O) groups excluding carboxylic acids is 1. The summed E-state index contributed by atoms with van der Waals surface area (Å²) in [4.78, 5) is 22.0. The highest BCUT2D eigenvalue weighted by Crippen LogP contribution is 2.35. The van der Waals surface area contributed by atoms with Crippen LogP contribution in [0.25, 0.3) is 0 Å². The van der Waals surface area contributed by atoms with Gasteiger partial charge in [-0.2, -0.15) is 9.78 Å². The van der Waals surface area contributed by atoms with Crippen molar-refractivity contribution in [1.29, 1.82) is 0 Å². The number of aryl methyl sites for hydroxylation is 1. The van der Waals surface area contributed by atoms with Gasteiger partial charge in [0.2, 0.25) is 0 Å². The zero-order valence-electron chi connectivity index (χ0n) is 14.2. The van der Waals surface area contributed by atoms with E-state index in [2.05, 4.69) is 15.6 Å². The van der Waals surface area contributed by atoms with Crippen LogP contribution in [0.5, 0.6) is 5.75 Å². The molecular weight excluding hydrogens is 421 g/mol. The van der Waals surface area contributed by atoms with E-state index in [1.165, 1.54) is 22.9 Å². The monoisotopic (exact) mass is 433 g/mol. The van der Waals surface area contributed by atoms with Crippen LogP contribution in [-0.2, 0) is 11.3 Å². The van der Waals surface area contributed by atoms with Gasteiger partial charge in [0.25, 0.3) is 5.91 Å². The predicted octanol–water partition coefficient (Wildman–Crippen LogP) is 3.63. The highest BCUT2D eigenvalue weighted by Gasteiger charge is 2.16. The van der Waals surface area contributed by atoms with Gasteiger partial charge >= 0.3 is 5.82 Å². The molecule has 144 valence electrons. The van der Waals surface area contributed by atoms with E-state index in [0.29, 0.717) is 16.4 Å². The summed E-state index contributed by atoms with van der Waals surface area (Å²) in [7, 11) is 0. The van der Waals surface area contributed by atoms with Crippen LogP contribution < -0.4 is 10.2 Å². The quantitative estimate of drug-likeness (QED) is 0.406. The maximum Gasteiger partial charge on any atom is 0.390 e. The van der Waals surface area contributed by atoms with Crippen molar-refractivity contribution in [2.75, 3.05) is 6.61 Å². The van der Waals surface area contributed by atoms with Crippen molar-refractivity contribution in [1.82, 2.24) is 15.2 Å². The first kappa shape index (κ1) is 20.9. The zero-order chi connectivity index (χ0) is 20.1. The molecule has 0 aliphatic carbocycles. The maximum atomic E-state index is 11.9. The summed E-state index contributed by atoms with van der Waals surface area (Å²) in [5.74, 6) is -0.660. The Morgan fingerprint density at radius 3 is 2.52 bits per heavy atom. The third-order valence-electron chi connectivity index (χ3n) is 3.22. The molecule has 12 heteroatoms. The van der Waals surface area contributed by atoms with Crippen molar-refractivity contribution in [3.63, 3.8) is 0 Å². The van der Waals surface area contributed by atoms with Gasteiger partial charge in [0, 0.05) is 5.02 Å². The van der Waals surface area contributed by atoms with Crippen molar-refractivity contribution >= 4 is 52.2 Å². The van der Waals surface area contributed by atoms with Gasteiger partial charge in [-0.1, -0.05) is 34.8 Å². The van der Waals surface area contributed by atoms with Crippen LogP contribution in [0.1, 0.15) is 12.6 Å². The molecule has 1 aromatic heterocycles. The van der Waals surface area contributed by atoms with E-state index in [4.69, 9.17) is 39.5 Å². The first-order valence-electron chi connectivity index (χ1n) is 7.45. The number of amides is 1. The normalized spacial score (nSPS) is 11.4. The zero-order valence-corrected chi connectivity index (χ0v) is 16.5. The molecule has 27 heavy (non-hydrogen) atoms. The van der Waals surface area contributed by atoms with Crippen LogP contribution in [0.2, 0.25) is 15.1 Å². The molecule has 2 aromatic rings. The first-order chi connectivity index (χ1) is 12.7. The smallest absolute Gasteiger partial charge is 0.390 e. The summed E-state index contributed by atoms with van der Waals surface area (Å²) < 4.78 is 6.70. The van der Waals surface area contributed by atoms with Gasteiger partial charge < -0.3 is 14.9 Å². The molecular formula is C15H14Cl3N5O4. The van der Waals surface area contributed by atoms with E-state index in [-0.39, 0.29) is 34.8 Å². The lowest BCUT2D eigenvalue weighted by Gasteiger charge is -2.09. The van der Waals surface area contributed by atoms with E-state index >= 15 is 0 Å². The average Bonchev–Trinajstić information content (AvgIpc) is 2.93. The second-order valence-electron chi connectivity index (χ2n) is 5.43. The van der Waals surface area contributed by atoms with Crippen LogP contribution in [0.15, 0.2) is 23.3 Å². The van der Waals surface area contributed by atoms with Crippen LogP contribution in [-0.4, -0.2) is 32.9 Å². The third-order valence-corrected chi connectivity index (χ3v) is 4.00. The van der Waals surface area contributed by atoms with Crippen molar-refractivity contribution in [3.8, 4) is 5.75 Å². The maximum absolute atomic E-state index is 11.9. The minimum Gasteiger partial charge on any atom is -0.481 e. The summed E-state index contributed by atoms with van der Waals surface area (Å²) in [6.07, 6.45) is 0. The summed E-state index contributed by atoms with van der Waals surface area (Å²) in [6, 6.07) is 4.23. The van der Waals surface area contributed by atoms with Gasteiger partial charge in [-0.3, -0.25) is 4.79 Å². The van der Waals surface area contributed by atoms with E-state index in [1.807, 2.05) is 0 Å². The molecule has 0 aliphatic rings. The van der Waals surface area contributed by atoms with E-state index in [0.717, 1.165) is 0 Å². The lowest BCUT2D eigenvalue weighted by molar-refractivity contribution is -0.389. The number of rotatable bonds is 7. The average molecular weight is 435 g/mol. The SMILES string of the molecule is C/C(Cn1nc([N+](=O)[O-])cc1C)=N/NC(=O)COc1c(Cl)cc(Cl)cc1Cl. The molecule has 9 nitrogen and oxygen atoms in total. The standard InChI is InChI=1S/C15H14Cl3N5O4/c1-8(6-22-9(2)3-13(21-22)23(25)26)19-20-14(24)7-27-15-11(17)4-10(16)5-12(15)18/h3-5H,6-7H2,1-2H3,(H,20,24)/b19-8-. The van der Waals surface area contributed by atoms with Crippen molar-refractivity contribution in [2.24, 2.45) is 5.10 Å². The molecule has 1 N–H and O–H groups in total. The third kappa shape index (κ3) is 5.81. The lowest BCUT2D eigenvalue weighted by Crippen LogP contribution is -2.26. The highest BCUT2D eigenvalue weighted by atomic mass is 35.5. The Morgan fingerprint density at radius 2 is 1.96 bits per heavy atom. The molecule has 1 aromatic carbocycles. The Balaban J connectivity index is 1.91.